The molecule has 3 N–H and O–H groups in total. The number of hydrogen-bond acceptors (Lipinski definition) is 15. The summed E-state index contributed by atoms with van der Waals surface area (Å²) in [6.07, 6.45) is 68.7. The second kappa shape index (κ2) is 74.4. The molecule has 0 fully saturated rings. The lowest BCUT2D eigenvalue weighted by Crippen LogP contribution is -2.30. The van der Waals surface area contributed by atoms with Crippen LogP contribution in [0.5, 0.6) is 0 Å². The van der Waals surface area contributed by atoms with Crippen molar-refractivity contribution in [2.24, 2.45) is 5.92 Å². The summed E-state index contributed by atoms with van der Waals surface area (Å²) < 4.78 is 68.7. The SMILES string of the molecule is CCCCCC/C=C\C=C/CCCCCCCC(=O)OC[C@H](COP(=O)(O)OC[C@@H](O)COP(=O)(O)OC[C@@H](COC(=O)CCCCCCCCCCCCCC)OC(=O)CCCCCCCCCCCCCCC)OC(=O)CCCCCCCCCCCCCCCCCCCCC(C)C. The molecule has 19 heteroatoms. The number of aliphatic hydroxyl groups excluding tert-OH is 1. The molecule has 0 spiro atoms. The quantitative estimate of drug-likeness (QED) is 0.0169. The van der Waals surface area contributed by atoms with Gasteiger partial charge >= 0.3 is 39.5 Å². The third-order valence-corrected chi connectivity index (χ3v) is 20.6. The highest BCUT2D eigenvalue weighted by atomic mass is 31.2. The average Bonchev–Trinajstić information content (AvgIpc) is 0.938. The Labute approximate surface area is 618 Å². The van der Waals surface area contributed by atoms with Crippen LogP contribution in [0.15, 0.2) is 24.3 Å². The van der Waals surface area contributed by atoms with Crippen LogP contribution in [0.4, 0.5) is 0 Å². The normalized spacial score (nSPS) is 14.0. The molecular weight excluding hydrogens is 1320 g/mol. The molecule has 0 aromatic rings. The Kier molecular flexibility index (Phi) is 72.6. The molecule has 0 aromatic heterocycles. The molecule has 0 amide bonds. The summed E-state index contributed by atoms with van der Waals surface area (Å²) in [5.41, 5.74) is 0. The third-order valence-electron chi connectivity index (χ3n) is 18.7. The number of allylic oxidation sites excluding steroid dienone is 4. The van der Waals surface area contributed by atoms with E-state index in [4.69, 9.17) is 37.0 Å². The number of phosphoric acid groups is 2. The smallest absolute Gasteiger partial charge is 0.462 e. The fourth-order valence-electron chi connectivity index (χ4n) is 12.2. The number of carbonyl (C=O) groups is 4. The van der Waals surface area contributed by atoms with Gasteiger partial charge in [-0.2, -0.15) is 0 Å². The number of esters is 4. The molecule has 5 atom stereocenters. The number of phosphoric ester groups is 2. The van der Waals surface area contributed by atoms with Gasteiger partial charge in [-0.3, -0.25) is 37.3 Å². The van der Waals surface area contributed by atoms with E-state index < -0.39 is 97.5 Å². The van der Waals surface area contributed by atoms with Crippen molar-refractivity contribution in [3.05, 3.63) is 24.3 Å². The zero-order chi connectivity index (χ0) is 74.1. The van der Waals surface area contributed by atoms with Crippen molar-refractivity contribution in [3.63, 3.8) is 0 Å². The first kappa shape index (κ1) is 98.5. The van der Waals surface area contributed by atoms with Gasteiger partial charge in [0, 0.05) is 25.7 Å². The summed E-state index contributed by atoms with van der Waals surface area (Å²) in [4.78, 5) is 73.0. The number of carbonyl (C=O) groups excluding carboxylic acids is 4. The predicted molar refractivity (Wildman–Crippen MR) is 414 cm³/mol. The predicted octanol–water partition coefficient (Wildman–Crippen LogP) is 24.4. The Morgan fingerprint density at radius 1 is 0.307 bits per heavy atom. The zero-order valence-corrected chi connectivity index (χ0v) is 67.3. The van der Waals surface area contributed by atoms with Crippen LogP contribution >= 0.6 is 15.6 Å². The molecule has 0 aliphatic carbocycles. The summed E-state index contributed by atoms with van der Waals surface area (Å²) in [7, 11) is -9.93. The maximum absolute atomic E-state index is 13.1. The first-order valence-electron chi connectivity index (χ1n) is 42.0. The molecule has 596 valence electrons. The summed E-state index contributed by atoms with van der Waals surface area (Å²) in [6, 6.07) is 0. The Hall–Kier alpha value is -2.46. The molecule has 17 nitrogen and oxygen atoms in total. The van der Waals surface area contributed by atoms with Gasteiger partial charge in [-0.1, -0.05) is 361 Å². The van der Waals surface area contributed by atoms with Crippen molar-refractivity contribution < 1.29 is 80.2 Å². The van der Waals surface area contributed by atoms with Gasteiger partial charge < -0.3 is 33.8 Å². The number of ether oxygens (including phenoxy) is 4. The Balaban J connectivity index is 5.26. The van der Waals surface area contributed by atoms with E-state index >= 15 is 0 Å². The van der Waals surface area contributed by atoms with E-state index in [-0.39, 0.29) is 25.7 Å². The van der Waals surface area contributed by atoms with Gasteiger partial charge in [0.1, 0.15) is 19.3 Å². The molecule has 0 bridgehead atoms. The topological polar surface area (TPSA) is 237 Å². The molecule has 0 heterocycles. The lowest BCUT2D eigenvalue weighted by atomic mass is 10.0. The minimum atomic E-state index is -4.97. The number of aliphatic hydroxyl groups is 1. The van der Waals surface area contributed by atoms with Crippen LogP contribution < -0.4 is 0 Å². The average molecular weight is 1480 g/mol. The fourth-order valence-corrected chi connectivity index (χ4v) is 13.8. The molecule has 0 radical (unpaired) electrons. The van der Waals surface area contributed by atoms with Crippen LogP contribution in [0, 0.1) is 5.92 Å². The molecule has 0 aliphatic heterocycles. The van der Waals surface area contributed by atoms with Crippen molar-refractivity contribution in [1.82, 2.24) is 0 Å². The molecule has 0 aromatic carbocycles. The number of rotatable bonds is 80. The summed E-state index contributed by atoms with van der Waals surface area (Å²) in [6.45, 7) is 7.31. The van der Waals surface area contributed by atoms with Crippen LogP contribution in [-0.4, -0.2) is 96.7 Å². The largest absolute Gasteiger partial charge is 0.472 e. The van der Waals surface area contributed by atoms with Crippen LogP contribution in [0.25, 0.3) is 0 Å². The fraction of sp³-hybridized carbons (Fsp3) is 0.902. The van der Waals surface area contributed by atoms with E-state index in [1.807, 2.05) is 0 Å². The monoisotopic (exact) mass is 1480 g/mol. The van der Waals surface area contributed by atoms with Gasteiger partial charge in [0.25, 0.3) is 0 Å². The molecule has 0 saturated heterocycles. The first-order valence-corrected chi connectivity index (χ1v) is 44.9. The minimum absolute atomic E-state index is 0.102. The van der Waals surface area contributed by atoms with Crippen molar-refractivity contribution in [1.29, 1.82) is 0 Å². The maximum atomic E-state index is 13.1. The van der Waals surface area contributed by atoms with Gasteiger partial charge in [0.2, 0.25) is 0 Å². The first-order chi connectivity index (χ1) is 49.0. The van der Waals surface area contributed by atoms with E-state index in [9.17, 15) is 43.2 Å². The Morgan fingerprint density at radius 2 is 0.535 bits per heavy atom. The highest BCUT2D eigenvalue weighted by molar-refractivity contribution is 7.47. The summed E-state index contributed by atoms with van der Waals surface area (Å²) >= 11 is 0. The van der Waals surface area contributed by atoms with Crippen LogP contribution in [0.2, 0.25) is 0 Å². The number of hydrogen-bond donors (Lipinski definition) is 3. The van der Waals surface area contributed by atoms with Crippen molar-refractivity contribution >= 4 is 39.5 Å². The molecule has 101 heavy (non-hydrogen) atoms. The highest BCUT2D eigenvalue weighted by Gasteiger charge is 2.30. The van der Waals surface area contributed by atoms with Crippen molar-refractivity contribution in [3.8, 4) is 0 Å². The summed E-state index contributed by atoms with van der Waals surface area (Å²) in [5, 5.41) is 10.6. The van der Waals surface area contributed by atoms with Gasteiger partial charge in [0.05, 0.1) is 26.4 Å². The standard InChI is InChI=1S/C82H156O17P2/c1-6-9-12-15-18-21-24-27-32-37-41-46-51-56-61-66-80(85)93-72-78(99-82(87)68-63-58-53-48-43-38-34-31-29-28-30-33-36-39-44-49-54-59-64-75(4)5)74-97-101(90,91)95-70-76(83)69-94-100(88,89)96-73-77(71-92-79(84)65-60-55-50-45-40-26-23-20-17-14-11-8-3)98-81(86)67-62-57-52-47-42-35-25-22-19-16-13-10-7-2/h21,24,27,32,75-78,83H,6-20,22-23,25-26,28-31,33-74H2,1-5H3,(H,88,89)(H,90,91)/b24-21-,32-27-/t76-,77+,78+/m0/s1. The van der Waals surface area contributed by atoms with Crippen LogP contribution in [0.3, 0.4) is 0 Å². The van der Waals surface area contributed by atoms with E-state index in [0.29, 0.717) is 25.7 Å². The van der Waals surface area contributed by atoms with E-state index in [1.165, 1.54) is 218 Å². The van der Waals surface area contributed by atoms with Gasteiger partial charge in [-0.05, 0) is 57.3 Å². The van der Waals surface area contributed by atoms with Gasteiger partial charge in [-0.15, -0.1) is 0 Å². The van der Waals surface area contributed by atoms with E-state index in [2.05, 4.69) is 58.9 Å². The Morgan fingerprint density at radius 3 is 0.812 bits per heavy atom. The molecule has 0 rings (SSSR count). The van der Waals surface area contributed by atoms with E-state index in [1.54, 1.807) is 0 Å². The molecule has 0 saturated carbocycles. The number of unbranched alkanes of at least 4 members (excludes halogenated alkanes) is 49. The minimum Gasteiger partial charge on any atom is -0.462 e. The third kappa shape index (κ3) is 75.6. The van der Waals surface area contributed by atoms with Crippen LogP contribution in [0.1, 0.15) is 413 Å². The van der Waals surface area contributed by atoms with Crippen molar-refractivity contribution in [2.75, 3.05) is 39.6 Å². The second-order valence-electron chi connectivity index (χ2n) is 29.3. The Bertz CT molecular complexity index is 2020. The second-order valence-corrected chi connectivity index (χ2v) is 32.2. The van der Waals surface area contributed by atoms with E-state index in [0.717, 1.165) is 115 Å². The van der Waals surface area contributed by atoms with Crippen LogP contribution in [-0.2, 0) is 65.4 Å². The molecule has 2 unspecified atom stereocenters. The zero-order valence-electron chi connectivity index (χ0n) is 65.5. The molecular formula is C82H156O17P2. The molecule has 0 aliphatic rings. The lowest BCUT2D eigenvalue weighted by molar-refractivity contribution is -0.161. The lowest BCUT2D eigenvalue weighted by Gasteiger charge is -2.21. The van der Waals surface area contributed by atoms with Crippen molar-refractivity contribution in [2.45, 2.75) is 432 Å². The summed E-state index contributed by atoms with van der Waals surface area (Å²) in [5.74, 6) is -1.32. The van der Waals surface area contributed by atoms with Gasteiger partial charge in [-0.25, -0.2) is 9.13 Å². The maximum Gasteiger partial charge on any atom is 0.472 e. The highest BCUT2D eigenvalue weighted by Crippen LogP contribution is 2.45. The van der Waals surface area contributed by atoms with Gasteiger partial charge in [0.15, 0.2) is 12.2 Å².